The second-order valence-electron chi connectivity index (χ2n) is 3.41. The first-order valence-electron chi connectivity index (χ1n) is 5.03. The van der Waals surface area contributed by atoms with E-state index in [0.717, 1.165) is 12.8 Å². The predicted octanol–water partition coefficient (Wildman–Crippen LogP) is 3.08. The van der Waals surface area contributed by atoms with Gasteiger partial charge in [-0.2, -0.15) is 0 Å². The number of nitrogens with zero attached hydrogens (tertiary/aromatic N) is 1. The van der Waals surface area contributed by atoms with Crippen molar-refractivity contribution in [2.75, 3.05) is 6.61 Å². The monoisotopic (exact) mass is 209 g/mol. The van der Waals surface area contributed by atoms with Gasteiger partial charge in [0.1, 0.15) is 5.75 Å². The smallest absolute Gasteiger partial charge is 0.272 e. The van der Waals surface area contributed by atoms with Crippen molar-refractivity contribution in [3.8, 4) is 5.75 Å². The zero-order valence-electron chi connectivity index (χ0n) is 9.03. The van der Waals surface area contributed by atoms with Gasteiger partial charge in [0, 0.05) is 11.6 Å². The number of ether oxygens (including phenoxy) is 1. The Hall–Kier alpha value is -1.58. The summed E-state index contributed by atoms with van der Waals surface area (Å²) in [4.78, 5) is 10.2. The molecule has 1 aromatic rings. The van der Waals surface area contributed by atoms with Gasteiger partial charge in [-0.1, -0.05) is 13.3 Å². The lowest BCUT2D eigenvalue weighted by molar-refractivity contribution is -0.385. The normalized spacial score (nSPS) is 10.0. The number of unbranched alkanes of at least 4 members (excludes halogenated alkanes) is 1. The molecule has 0 heterocycles. The number of rotatable bonds is 5. The topological polar surface area (TPSA) is 52.4 Å². The third-order valence-corrected chi connectivity index (χ3v) is 2.13. The third kappa shape index (κ3) is 3.23. The minimum absolute atomic E-state index is 0.137. The van der Waals surface area contributed by atoms with Crippen LogP contribution in [0.1, 0.15) is 25.3 Å². The van der Waals surface area contributed by atoms with Crippen LogP contribution in [0.2, 0.25) is 0 Å². The molecule has 0 amide bonds. The summed E-state index contributed by atoms with van der Waals surface area (Å²) in [7, 11) is 0. The van der Waals surface area contributed by atoms with Crippen molar-refractivity contribution in [1.82, 2.24) is 0 Å². The van der Waals surface area contributed by atoms with E-state index in [0.29, 0.717) is 17.9 Å². The molecule has 0 radical (unpaired) electrons. The summed E-state index contributed by atoms with van der Waals surface area (Å²) >= 11 is 0. The number of hydrogen-bond acceptors (Lipinski definition) is 3. The third-order valence-electron chi connectivity index (χ3n) is 2.13. The Morgan fingerprint density at radius 2 is 2.20 bits per heavy atom. The van der Waals surface area contributed by atoms with Crippen LogP contribution in [0.25, 0.3) is 0 Å². The molecule has 0 spiro atoms. The van der Waals surface area contributed by atoms with Crippen LogP contribution in [0, 0.1) is 17.0 Å². The minimum Gasteiger partial charge on any atom is -0.494 e. The SMILES string of the molecule is CCCCOc1ccc([N+](=O)[O-])c(C)c1. The van der Waals surface area contributed by atoms with E-state index in [9.17, 15) is 10.1 Å². The second-order valence-corrected chi connectivity index (χ2v) is 3.41. The number of benzene rings is 1. The number of hydrogen-bond donors (Lipinski definition) is 0. The summed E-state index contributed by atoms with van der Waals surface area (Å²) in [5.74, 6) is 0.701. The molecule has 0 unspecified atom stereocenters. The van der Waals surface area contributed by atoms with Crippen LogP contribution < -0.4 is 4.74 Å². The highest BCUT2D eigenvalue weighted by Crippen LogP contribution is 2.23. The van der Waals surface area contributed by atoms with Crippen LogP contribution in [0.5, 0.6) is 5.75 Å². The van der Waals surface area contributed by atoms with E-state index in [-0.39, 0.29) is 10.6 Å². The summed E-state index contributed by atoms with van der Waals surface area (Å²) in [6.45, 7) is 4.46. The number of aryl methyl sites for hydroxylation is 1. The van der Waals surface area contributed by atoms with Gasteiger partial charge in [0.05, 0.1) is 11.5 Å². The molecule has 0 N–H and O–H groups in total. The lowest BCUT2D eigenvalue weighted by atomic mass is 10.2. The summed E-state index contributed by atoms with van der Waals surface area (Å²) in [5, 5.41) is 10.6. The Labute approximate surface area is 89.0 Å². The molecule has 0 aromatic heterocycles. The van der Waals surface area contributed by atoms with Gasteiger partial charge in [-0.25, -0.2) is 0 Å². The summed E-state index contributed by atoms with van der Waals surface area (Å²) in [6, 6.07) is 4.82. The van der Waals surface area contributed by atoms with Gasteiger partial charge in [-0.15, -0.1) is 0 Å². The van der Waals surface area contributed by atoms with Gasteiger partial charge in [0.25, 0.3) is 5.69 Å². The molecule has 0 atom stereocenters. The Kier molecular flexibility index (Phi) is 4.09. The fourth-order valence-electron chi connectivity index (χ4n) is 1.26. The molecule has 0 aliphatic rings. The number of nitro benzene ring substituents is 1. The van der Waals surface area contributed by atoms with Crippen molar-refractivity contribution in [3.05, 3.63) is 33.9 Å². The standard InChI is InChI=1S/C11H15NO3/c1-3-4-7-15-10-5-6-11(12(13)14)9(2)8-10/h5-6,8H,3-4,7H2,1-2H3. The fourth-order valence-corrected chi connectivity index (χ4v) is 1.26. The first-order chi connectivity index (χ1) is 7.15. The van der Waals surface area contributed by atoms with Gasteiger partial charge in [-0.3, -0.25) is 10.1 Å². The van der Waals surface area contributed by atoms with E-state index in [2.05, 4.69) is 6.92 Å². The highest BCUT2D eigenvalue weighted by atomic mass is 16.6. The molecular weight excluding hydrogens is 194 g/mol. The van der Waals surface area contributed by atoms with Gasteiger partial charge in [0.2, 0.25) is 0 Å². The molecule has 4 heteroatoms. The van der Waals surface area contributed by atoms with Crippen LogP contribution in [-0.2, 0) is 0 Å². The van der Waals surface area contributed by atoms with Crippen molar-refractivity contribution >= 4 is 5.69 Å². The lowest BCUT2D eigenvalue weighted by Gasteiger charge is -2.05. The van der Waals surface area contributed by atoms with E-state index >= 15 is 0 Å². The maximum atomic E-state index is 10.6. The van der Waals surface area contributed by atoms with E-state index in [1.54, 1.807) is 19.1 Å². The quantitative estimate of drug-likeness (QED) is 0.425. The van der Waals surface area contributed by atoms with Gasteiger partial charge in [-0.05, 0) is 25.5 Å². The van der Waals surface area contributed by atoms with E-state index in [4.69, 9.17) is 4.74 Å². The summed E-state index contributed by atoms with van der Waals surface area (Å²) in [6.07, 6.45) is 2.07. The highest BCUT2D eigenvalue weighted by Gasteiger charge is 2.10. The van der Waals surface area contributed by atoms with Gasteiger partial charge in [0.15, 0.2) is 0 Å². The number of nitro groups is 1. The molecule has 0 fully saturated rings. The first-order valence-corrected chi connectivity index (χ1v) is 5.03. The van der Waals surface area contributed by atoms with Crippen molar-refractivity contribution in [2.24, 2.45) is 0 Å². The molecule has 0 aliphatic heterocycles. The van der Waals surface area contributed by atoms with Gasteiger partial charge >= 0.3 is 0 Å². The molecule has 0 saturated heterocycles. The maximum absolute atomic E-state index is 10.6. The van der Waals surface area contributed by atoms with Gasteiger partial charge < -0.3 is 4.74 Å². The first kappa shape index (κ1) is 11.5. The van der Waals surface area contributed by atoms with Crippen molar-refractivity contribution < 1.29 is 9.66 Å². The largest absolute Gasteiger partial charge is 0.494 e. The highest BCUT2D eigenvalue weighted by molar-refractivity contribution is 5.44. The Bertz CT molecular complexity index is 350. The van der Waals surface area contributed by atoms with Crippen molar-refractivity contribution in [2.45, 2.75) is 26.7 Å². The second kappa shape index (κ2) is 5.34. The summed E-state index contributed by atoms with van der Waals surface area (Å²) < 4.78 is 5.44. The van der Waals surface area contributed by atoms with Crippen LogP contribution in [-0.4, -0.2) is 11.5 Å². The van der Waals surface area contributed by atoms with Crippen LogP contribution in [0.15, 0.2) is 18.2 Å². The molecule has 0 aliphatic carbocycles. The molecule has 1 aromatic carbocycles. The fraction of sp³-hybridized carbons (Fsp3) is 0.455. The Balaban J connectivity index is 2.69. The molecule has 0 bridgehead atoms. The molecule has 82 valence electrons. The molecular formula is C11H15NO3. The Morgan fingerprint density at radius 3 is 2.73 bits per heavy atom. The van der Waals surface area contributed by atoms with E-state index in [1.165, 1.54) is 6.07 Å². The van der Waals surface area contributed by atoms with Crippen LogP contribution in [0.3, 0.4) is 0 Å². The summed E-state index contributed by atoms with van der Waals surface area (Å²) in [5.41, 5.74) is 0.770. The predicted molar refractivity (Wildman–Crippen MR) is 58.2 cm³/mol. The van der Waals surface area contributed by atoms with Crippen LogP contribution >= 0.6 is 0 Å². The zero-order chi connectivity index (χ0) is 11.3. The molecule has 4 nitrogen and oxygen atoms in total. The maximum Gasteiger partial charge on any atom is 0.272 e. The molecule has 1 rings (SSSR count). The molecule has 0 saturated carbocycles. The Morgan fingerprint density at radius 1 is 1.47 bits per heavy atom. The lowest BCUT2D eigenvalue weighted by Crippen LogP contribution is -1.98. The van der Waals surface area contributed by atoms with Crippen molar-refractivity contribution in [1.29, 1.82) is 0 Å². The zero-order valence-corrected chi connectivity index (χ0v) is 9.03. The van der Waals surface area contributed by atoms with Crippen molar-refractivity contribution in [3.63, 3.8) is 0 Å². The average molecular weight is 209 g/mol. The average Bonchev–Trinajstić information content (AvgIpc) is 2.17. The molecule has 15 heavy (non-hydrogen) atoms. The van der Waals surface area contributed by atoms with E-state index in [1.807, 2.05) is 0 Å². The van der Waals surface area contributed by atoms with E-state index < -0.39 is 0 Å². The van der Waals surface area contributed by atoms with Crippen LogP contribution in [0.4, 0.5) is 5.69 Å². The minimum atomic E-state index is -0.384.